The number of pyridine rings is 1. The molecule has 0 saturated heterocycles. The van der Waals surface area contributed by atoms with E-state index >= 15 is 0 Å². The second kappa shape index (κ2) is 8.56. The quantitative estimate of drug-likeness (QED) is 0.765. The predicted octanol–water partition coefficient (Wildman–Crippen LogP) is 3.46. The van der Waals surface area contributed by atoms with Crippen molar-refractivity contribution in [2.45, 2.75) is 53.0 Å². The molecule has 112 valence electrons. The van der Waals surface area contributed by atoms with Crippen LogP contribution in [0.1, 0.15) is 57.3 Å². The zero-order valence-electron chi connectivity index (χ0n) is 13.1. The molecular weight excluding hydrogens is 250 g/mol. The highest BCUT2D eigenvalue weighted by atomic mass is 16.1. The molecule has 4 nitrogen and oxygen atoms in total. The van der Waals surface area contributed by atoms with Crippen LogP contribution in [0.25, 0.3) is 0 Å². The van der Waals surface area contributed by atoms with Gasteiger partial charge in [0.05, 0.1) is 5.56 Å². The highest BCUT2D eigenvalue weighted by Gasteiger charge is 2.10. The van der Waals surface area contributed by atoms with Crippen LogP contribution in [-0.4, -0.2) is 23.5 Å². The van der Waals surface area contributed by atoms with Gasteiger partial charge in [0.25, 0.3) is 5.91 Å². The van der Waals surface area contributed by atoms with Crippen LogP contribution < -0.4 is 10.6 Å². The maximum atomic E-state index is 12.1. The Morgan fingerprint density at radius 3 is 2.55 bits per heavy atom. The monoisotopic (exact) mass is 277 g/mol. The van der Waals surface area contributed by atoms with E-state index in [1.807, 2.05) is 19.1 Å². The normalized spacial score (nSPS) is 12.2. The fourth-order valence-electron chi connectivity index (χ4n) is 1.85. The average molecular weight is 277 g/mol. The number of carbonyl (C=O) groups excluding carboxylic acids is 1. The molecule has 1 atom stereocenters. The lowest BCUT2D eigenvalue weighted by molar-refractivity contribution is 0.0937. The van der Waals surface area contributed by atoms with Crippen LogP contribution in [-0.2, 0) is 0 Å². The molecule has 0 aliphatic rings. The van der Waals surface area contributed by atoms with Gasteiger partial charge in [-0.2, -0.15) is 0 Å². The summed E-state index contributed by atoms with van der Waals surface area (Å²) in [5, 5.41) is 6.21. The number of anilines is 1. The summed E-state index contributed by atoms with van der Waals surface area (Å²) in [5.41, 5.74) is 0.614. The van der Waals surface area contributed by atoms with Crippen LogP contribution in [0.3, 0.4) is 0 Å². The maximum Gasteiger partial charge on any atom is 0.253 e. The minimum absolute atomic E-state index is 0.0456. The zero-order chi connectivity index (χ0) is 15.0. The molecule has 1 aromatic heterocycles. The Kier molecular flexibility index (Phi) is 7.05. The van der Waals surface area contributed by atoms with Gasteiger partial charge in [0.2, 0.25) is 0 Å². The summed E-state index contributed by atoms with van der Waals surface area (Å²) in [6, 6.07) is 3.86. The largest absolute Gasteiger partial charge is 0.370 e. The molecule has 4 heteroatoms. The van der Waals surface area contributed by atoms with Crippen LogP contribution in [0.5, 0.6) is 0 Å². The van der Waals surface area contributed by atoms with Gasteiger partial charge in [-0.1, -0.05) is 20.8 Å². The third-order valence-corrected chi connectivity index (χ3v) is 3.14. The summed E-state index contributed by atoms with van der Waals surface area (Å²) in [4.78, 5) is 16.3. The van der Waals surface area contributed by atoms with Gasteiger partial charge in [0, 0.05) is 18.8 Å². The summed E-state index contributed by atoms with van der Waals surface area (Å²) in [6.45, 7) is 9.43. The number of rotatable bonds is 8. The van der Waals surface area contributed by atoms with Gasteiger partial charge in [0.15, 0.2) is 0 Å². The van der Waals surface area contributed by atoms with Gasteiger partial charge in [0.1, 0.15) is 5.82 Å². The number of hydrogen-bond donors (Lipinski definition) is 2. The minimum atomic E-state index is -0.0456. The van der Waals surface area contributed by atoms with Crippen molar-refractivity contribution in [3.05, 3.63) is 23.9 Å². The lowest BCUT2D eigenvalue weighted by Crippen LogP contribution is -2.32. The first-order valence-corrected chi connectivity index (χ1v) is 7.53. The molecule has 1 rings (SSSR count). The molecule has 0 saturated carbocycles. The summed E-state index contributed by atoms with van der Waals surface area (Å²) in [6.07, 6.45) is 4.81. The number of amides is 1. The van der Waals surface area contributed by atoms with E-state index in [1.165, 1.54) is 0 Å². The first-order valence-electron chi connectivity index (χ1n) is 7.53. The van der Waals surface area contributed by atoms with Crippen LogP contribution in [0.2, 0.25) is 0 Å². The topological polar surface area (TPSA) is 54.0 Å². The molecule has 0 fully saturated rings. The van der Waals surface area contributed by atoms with Crippen molar-refractivity contribution >= 4 is 11.7 Å². The first kappa shape index (κ1) is 16.5. The molecule has 1 aromatic rings. The Morgan fingerprint density at radius 2 is 2.00 bits per heavy atom. The first-order chi connectivity index (χ1) is 9.52. The summed E-state index contributed by atoms with van der Waals surface area (Å²) >= 11 is 0. The van der Waals surface area contributed by atoms with Crippen molar-refractivity contribution in [2.24, 2.45) is 5.92 Å². The van der Waals surface area contributed by atoms with Crippen LogP contribution in [0, 0.1) is 5.92 Å². The molecular formula is C16H27N3O. The molecule has 1 heterocycles. The molecule has 2 N–H and O–H groups in total. The van der Waals surface area contributed by atoms with Crippen LogP contribution in [0.4, 0.5) is 5.82 Å². The van der Waals surface area contributed by atoms with Gasteiger partial charge >= 0.3 is 0 Å². The Balaban J connectivity index is 2.46. The Bertz CT molecular complexity index is 401. The standard InChI is InChI=1S/C16H27N3O/c1-5-10-17-15-9-8-14(11-18-15)16(20)19-13(4)7-6-12(2)3/h8-9,11-13H,5-7,10H2,1-4H3,(H,17,18)(H,19,20). The van der Waals surface area contributed by atoms with E-state index in [4.69, 9.17) is 0 Å². The van der Waals surface area contributed by atoms with E-state index in [2.05, 4.69) is 36.4 Å². The van der Waals surface area contributed by atoms with Gasteiger partial charge in [-0.05, 0) is 44.2 Å². The second-order valence-corrected chi connectivity index (χ2v) is 5.70. The van der Waals surface area contributed by atoms with E-state index in [0.29, 0.717) is 11.5 Å². The van der Waals surface area contributed by atoms with E-state index in [-0.39, 0.29) is 11.9 Å². The number of nitrogens with one attached hydrogen (secondary N) is 2. The van der Waals surface area contributed by atoms with Crippen molar-refractivity contribution in [1.82, 2.24) is 10.3 Å². The molecule has 0 radical (unpaired) electrons. The maximum absolute atomic E-state index is 12.1. The molecule has 0 aromatic carbocycles. The fourth-order valence-corrected chi connectivity index (χ4v) is 1.85. The Morgan fingerprint density at radius 1 is 1.25 bits per heavy atom. The van der Waals surface area contributed by atoms with Gasteiger partial charge in [-0.3, -0.25) is 4.79 Å². The molecule has 1 unspecified atom stereocenters. The third kappa shape index (κ3) is 6.04. The van der Waals surface area contributed by atoms with Crippen molar-refractivity contribution < 1.29 is 4.79 Å². The van der Waals surface area contributed by atoms with Gasteiger partial charge < -0.3 is 10.6 Å². The van der Waals surface area contributed by atoms with Crippen molar-refractivity contribution in [2.75, 3.05) is 11.9 Å². The lowest BCUT2D eigenvalue weighted by Gasteiger charge is -2.15. The summed E-state index contributed by atoms with van der Waals surface area (Å²) in [7, 11) is 0. The molecule has 0 aliphatic heterocycles. The summed E-state index contributed by atoms with van der Waals surface area (Å²) < 4.78 is 0. The molecule has 0 aliphatic carbocycles. The van der Waals surface area contributed by atoms with E-state index in [1.54, 1.807) is 6.20 Å². The highest BCUT2D eigenvalue weighted by Crippen LogP contribution is 2.08. The van der Waals surface area contributed by atoms with Crippen molar-refractivity contribution in [1.29, 1.82) is 0 Å². The predicted molar refractivity (Wildman–Crippen MR) is 84.0 cm³/mol. The van der Waals surface area contributed by atoms with Crippen LogP contribution >= 0.6 is 0 Å². The number of carbonyl (C=O) groups is 1. The van der Waals surface area contributed by atoms with Crippen molar-refractivity contribution in [3.8, 4) is 0 Å². The van der Waals surface area contributed by atoms with Crippen LogP contribution in [0.15, 0.2) is 18.3 Å². The minimum Gasteiger partial charge on any atom is -0.370 e. The Hall–Kier alpha value is -1.58. The van der Waals surface area contributed by atoms with Gasteiger partial charge in [-0.25, -0.2) is 4.98 Å². The molecule has 20 heavy (non-hydrogen) atoms. The van der Waals surface area contributed by atoms with Crippen molar-refractivity contribution in [3.63, 3.8) is 0 Å². The number of hydrogen-bond acceptors (Lipinski definition) is 3. The average Bonchev–Trinajstić information content (AvgIpc) is 2.43. The van der Waals surface area contributed by atoms with E-state index < -0.39 is 0 Å². The fraction of sp³-hybridized carbons (Fsp3) is 0.625. The smallest absolute Gasteiger partial charge is 0.253 e. The molecule has 0 bridgehead atoms. The molecule has 0 spiro atoms. The highest BCUT2D eigenvalue weighted by molar-refractivity contribution is 5.94. The second-order valence-electron chi connectivity index (χ2n) is 5.70. The third-order valence-electron chi connectivity index (χ3n) is 3.14. The lowest BCUT2D eigenvalue weighted by atomic mass is 10.0. The SMILES string of the molecule is CCCNc1ccc(C(=O)NC(C)CCC(C)C)cn1. The van der Waals surface area contributed by atoms with E-state index in [9.17, 15) is 4.79 Å². The van der Waals surface area contributed by atoms with E-state index in [0.717, 1.165) is 31.6 Å². The number of nitrogens with zero attached hydrogens (tertiary/aromatic N) is 1. The van der Waals surface area contributed by atoms with Gasteiger partial charge in [-0.15, -0.1) is 0 Å². The summed E-state index contributed by atoms with van der Waals surface area (Å²) in [5.74, 6) is 1.44. The zero-order valence-corrected chi connectivity index (χ0v) is 13.1. The number of aromatic nitrogens is 1. The molecule has 1 amide bonds. The Labute approximate surface area is 122 Å².